The first kappa shape index (κ1) is 20.3. The van der Waals surface area contributed by atoms with Gasteiger partial charge in [0, 0.05) is 37.9 Å². The zero-order valence-electron chi connectivity index (χ0n) is 16.1. The van der Waals surface area contributed by atoms with Crippen molar-refractivity contribution in [2.45, 2.75) is 60.0 Å². The predicted molar refractivity (Wildman–Crippen MR) is 97.4 cm³/mol. The molecule has 0 saturated heterocycles. The number of amides is 2. The molecule has 5 heteroatoms. The van der Waals surface area contributed by atoms with Gasteiger partial charge < -0.3 is 14.4 Å². The largest absolute Gasteiger partial charge is 0.353 e. The van der Waals surface area contributed by atoms with Crippen LogP contribution < -0.4 is 0 Å². The number of aryl methyl sites for hydroxylation is 1. The summed E-state index contributed by atoms with van der Waals surface area (Å²) in [5.41, 5.74) is 1.10. The third-order valence-electron chi connectivity index (χ3n) is 4.39. The number of hydrogen-bond donors (Lipinski definition) is 0. The van der Waals surface area contributed by atoms with Crippen molar-refractivity contribution in [1.29, 1.82) is 0 Å². The van der Waals surface area contributed by atoms with Gasteiger partial charge in [-0.1, -0.05) is 27.7 Å². The lowest BCUT2D eigenvalue weighted by molar-refractivity contribution is -0.142. The standard InChI is InChI=1S/C19H33N3O2/c1-7-16(5)22(18(23)8-2)14-19(24)21(12-15(3)4)13-17-10-9-11-20(17)6/h9-11,15-16H,7-8,12-14H2,1-6H3. The van der Waals surface area contributed by atoms with E-state index in [1.165, 1.54) is 0 Å². The van der Waals surface area contributed by atoms with Gasteiger partial charge in [0.1, 0.15) is 0 Å². The third kappa shape index (κ3) is 5.69. The molecule has 0 aromatic carbocycles. The Bertz CT molecular complexity index is 536. The third-order valence-corrected chi connectivity index (χ3v) is 4.39. The van der Waals surface area contributed by atoms with Gasteiger partial charge in [-0.25, -0.2) is 0 Å². The zero-order chi connectivity index (χ0) is 18.3. The second-order valence-corrected chi connectivity index (χ2v) is 6.91. The number of aromatic nitrogens is 1. The predicted octanol–water partition coefficient (Wildman–Crippen LogP) is 3.05. The monoisotopic (exact) mass is 335 g/mol. The van der Waals surface area contributed by atoms with E-state index in [0.717, 1.165) is 12.1 Å². The Morgan fingerprint density at radius 3 is 2.29 bits per heavy atom. The summed E-state index contributed by atoms with van der Waals surface area (Å²) in [5.74, 6) is 0.446. The highest BCUT2D eigenvalue weighted by Crippen LogP contribution is 2.12. The molecule has 1 aromatic heterocycles. The molecule has 0 aliphatic rings. The Morgan fingerprint density at radius 1 is 1.17 bits per heavy atom. The molecule has 0 radical (unpaired) electrons. The van der Waals surface area contributed by atoms with Gasteiger partial charge in [0.25, 0.3) is 0 Å². The van der Waals surface area contributed by atoms with Gasteiger partial charge in [-0.05, 0) is 31.4 Å². The van der Waals surface area contributed by atoms with Crippen LogP contribution in [0.15, 0.2) is 18.3 Å². The fourth-order valence-electron chi connectivity index (χ4n) is 2.71. The average Bonchev–Trinajstić information content (AvgIpc) is 2.94. The minimum absolute atomic E-state index is 0.0204. The number of rotatable bonds is 9. The van der Waals surface area contributed by atoms with Crippen LogP contribution in [-0.4, -0.2) is 45.3 Å². The smallest absolute Gasteiger partial charge is 0.242 e. The van der Waals surface area contributed by atoms with Gasteiger partial charge >= 0.3 is 0 Å². The van der Waals surface area contributed by atoms with Gasteiger partial charge in [-0.3, -0.25) is 9.59 Å². The second kappa shape index (κ2) is 9.50. The topological polar surface area (TPSA) is 45.6 Å². The van der Waals surface area contributed by atoms with Gasteiger partial charge in [-0.2, -0.15) is 0 Å². The van der Waals surface area contributed by atoms with E-state index in [1.54, 1.807) is 4.90 Å². The molecule has 5 nitrogen and oxygen atoms in total. The average molecular weight is 335 g/mol. The van der Waals surface area contributed by atoms with Crippen molar-refractivity contribution in [3.8, 4) is 0 Å². The van der Waals surface area contributed by atoms with Crippen molar-refractivity contribution < 1.29 is 9.59 Å². The van der Waals surface area contributed by atoms with E-state index in [0.29, 0.717) is 25.4 Å². The van der Waals surface area contributed by atoms with Crippen LogP contribution in [0.2, 0.25) is 0 Å². The molecule has 0 N–H and O–H groups in total. The number of carbonyl (C=O) groups excluding carboxylic acids is 2. The van der Waals surface area contributed by atoms with Crippen LogP contribution in [0.3, 0.4) is 0 Å². The number of hydrogen-bond acceptors (Lipinski definition) is 2. The van der Waals surface area contributed by atoms with Crippen LogP contribution in [-0.2, 0) is 23.2 Å². The van der Waals surface area contributed by atoms with Crippen LogP contribution in [0.25, 0.3) is 0 Å². The molecular weight excluding hydrogens is 302 g/mol. The summed E-state index contributed by atoms with van der Waals surface area (Å²) in [5, 5.41) is 0. The van der Waals surface area contributed by atoms with Crippen molar-refractivity contribution in [3.05, 3.63) is 24.0 Å². The molecule has 1 rings (SSSR count). The maximum absolute atomic E-state index is 12.9. The van der Waals surface area contributed by atoms with Crippen molar-refractivity contribution in [1.82, 2.24) is 14.4 Å². The summed E-state index contributed by atoms with van der Waals surface area (Å²) in [6.07, 6.45) is 3.26. The van der Waals surface area contributed by atoms with E-state index < -0.39 is 0 Å². The Kier molecular flexibility index (Phi) is 8.02. The van der Waals surface area contributed by atoms with Crippen LogP contribution in [0.5, 0.6) is 0 Å². The molecule has 24 heavy (non-hydrogen) atoms. The Hall–Kier alpha value is -1.78. The van der Waals surface area contributed by atoms with Crippen molar-refractivity contribution in [3.63, 3.8) is 0 Å². The Balaban J connectivity index is 2.89. The molecule has 0 spiro atoms. The van der Waals surface area contributed by atoms with Crippen LogP contribution in [0.1, 0.15) is 53.2 Å². The maximum atomic E-state index is 12.9. The SMILES string of the molecule is CCC(=O)N(CC(=O)N(Cc1cccn1C)CC(C)C)C(C)CC. The zero-order valence-corrected chi connectivity index (χ0v) is 16.1. The fraction of sp³-hybridized carbons (Fsp3) is 0.684. The van der Waals surface area contributed by atoms with Crippen LogP contribution in [0, 0.1) is 5.92 Å². The van der Waals surface area contributed by atoms with Gasteiger partial charge in [0.15, 0.2) is 0 Å². The molecule has 0 aliphatic heterocycles. The summed E-state index contributed by atoms with van der Waals surface area (Å²) in [7, 11) is 1.99. The van der Waals surface area contributed by atoms with Crippen LogP contribution >= 0.6 is 0 Å². The van der Waals surface area contributed by atoms with Crippen LogP contribution in [0.4, 0.5) is 0 Å². The number of nitrogens with zero attached hydrogens (tertiary/aromatic N) is 3. The van der Waals surface area contributed by atoms with E-state index in [-0.39, 0.29) is 24.4 Å². The molecule has 0 bridgehead atoms. The number of carbonyl (C=O) groups is 2. The van der Waals surface area contributed by atoms with Gasteiger partial charge in [0.2, 0.25) is 11.8 Å². The summed E-state index contributed by atoms with van der Waals surface area (Å²) in [6, 6.07) is 4.10. The molecule has 1 unspecified atom stereocenters. The Labute approximate surface area is 146 Å². The molecule has 1 atom stereocenters. The molecule has 1 heterocycles. The van der Waals surface area contributed by atoms with E-state index in [1.807, 2.05) is 55.6 Å². The molecule has 0 saturated carbocycles. The van der Waals surface area contributed by atoms with Crippen molar-refractivity contribution in [2.75, 3.05) is 13.1 Å². The minimum Gasteiger partial charge on any atom is -0.353 e. The first-order valence-corrected chi connectivity index (χ1v) is 8.97. The second-order valence-electron chi connectivity index (χ2n) is 6.91. The quantitative estimate of drug-likeness (QED) is 0.696. The van der Waals surface area contributed by atoms with Gasteiger partial charge in [0.05, 0.1) is 13.1 Å². The van der Waals surface area contributed by atoms with Gasteiger partial charge in [-0.15, -0.1) is 0 Å². The lowest BCUT2D eigenvalue weighted by Crippen LogP contribution is -2.47. The molecule has 0 fully saturated rings. The molecule has 0 aliphatic carbocycles. The highest BCUT2D eigenvalue weighted by molar-refractivity contribution is 5.85. The first-order chi connectivity index (χ1) is 11.3. The lowest BCUT2D eigenvalue weighted by atomic mass is 10.1. The fourth-order valence-corrected chi connectivity index (χ4v) is 2.71. The normalized spacial score (nSPS) is 12.3. The molecule has 2 amide bonds. The highest BCUT2D eigenvalue weighted by atomic mass is 16.2. The highest BCUT2D eigenvalue weighted by Gasteiger charge is 2.24. The molecule has 1 aromatic rings. The van der Waals surface area contributed by atoms with E-state index in [9.17, 15) is 9.59 Å². The summed E-state index contributed by atoms with van der Waals surface area (Å²) in [4.78, 5) is 28.7. The Morgan fingerprint density at radius 2 is 1.83 bits per heavy atom. The first-order valence-electron chi connectivity index (χ1n) is 8.97. The molecular formula is C19H33N3O2. The van der Waals surface area contributed by atoms with E-state index >= 15 is 0 Å². The maximum Gasteiger partial charge on any atom is 0.242 e. The minimum atomic E-state index is 0.0204. The van der Waals surface area contributed by atoms with Crippen molar-refractivity contribution in [2.24, 2.45) is 13.0 Å². The summed E-state index contributed by atoms with van der Waals surface area (Å²) < 4.78 is 2.03. The van der Waals surface area contributed by atoms with Crippen molar-refractivity contribution >= 4 is 11.8 Å². The van der Waals surface area contributed by atoms with E-state index in [4.69, 9.17) is 0 Å². The molecule has 136 valence electrons. The lowest BCUT2D eigenvalue weighted by Gasteiger charge is -2.32. The summed E-state index contributed by atoms with van der Waals surface area (Å²) in [6.45, 7) is 11.5. The van der Waals surface area contributed by atoms with E-state index in [2.05, 4.69) is 13.8 Å². The summed E-state index contributed by atoms with van der Waals surface area (Å²) >= 11 is 0.